The van der Waals surface area contributed by atoms with Crippen molar-refractivity contribution in [1.29, 1.82) is 0 Å². The molecule has 1 N–H and O–H groups in total. The van der Waals surface area contributed by atoms with Gasteiger partial charge < -0.3 is 9.62 Å². The van der Waals surface area contributed by atoms with E-state index in [-0.39, 0.29) is 12.5 Å². The Bertz CT molecular complexity index is 837. The molecule has 3 nitrogen and oxygen atoms in total. The quantitative estimate of drug-likeness (QED) is 0.640. The number of hydrogen-bond acceptors (Lipinski definition) is 3. The van der Waals surface area contributed by atoms with Gasteiger partial charge in [0.15, 0.2) is 0 Å². The molecular weight excluding hydrogens is 387 g/mol. The van der Waals surface area contributed by atoms with Crippen LogP contribution in [0.2, 0.25) is 10.0 Å². The summed E-state index contributed by atoms with van der Waals surface area (Å²) in [5.41, 5.74) is 2.92. The third kappa shape index (κ3) is 3.68. The largest absolute Gasteiger partial charge is 0.352 e. The van der Waals surface area contributed by atoms with E-state index in [1.807, 2.05) is 22.5 Å². The molecule has 2 aromatic rings. The molecule has 1 aliphatic carbocycles. The van der Waals surface area contributed by atoms with Gasteiger partial charge in [-0.3, -0.25) is 4.79 Å². The minimum atomic E-state index is 0.0471. The highest BCUT2D eigenvalue weighted by Gasteiger charge is 2.27. The average molecular weight is 407 g/mol. The van der Waals surface area contributed by atoms with Crippen LogP contribution in [0, 0.1) is 0 Å². The van der Waals surface area contributed by atoms with Crippen LogP contribution in [0.5, 0.6) is 0 Å². The van der Waals surface area contributed by atoms with Crippen molar-refractivity contribution >= 4 is 46.7 Å². The second-order valence-electron chi connectivity index (χ2n) is 6.81. The lowest BCUT2D eigenvalue weighted by atomic mass is 9.95. The second kappa shape index (κ2) is 7.71. The van der Waals surface area contributed by atoms with Gasteiger partial charge in [0.05, 0.1) is 10.7 Å². The number of rotatable bonds is 3. The lowest BCUT2D eigenvalue weighted by Gasteiger charge is -2.32. The topological polar surface area (TPSA) is 32.3 Å². The summed E-state index contributed by atoms with van der Waals surface area (Å²) < 4.78 is 1.99. The average Bonchev–Trinajstić information content (AvgIpc) is 2.62. The van der Waals surface area contributed by atoms with Gasteiger partial charge in [-0.15, -0.1) is 0 Å². The first-order valence-corrected chi connectivity index (χ1v) is 10.5. The number of anilines is 1. The van der Waals surface area contributed by atoms with Gasteiger partial charge in [-0.05, 0) is 43.0 Å². The molecule has 0 unspecified atom stereocenters. The summed E-state index contributed by atoms with van der Waals surface area (Å²) in [5.74, 6) is 0.0471. The molecule has 0 spiro atoms. The Balaban J connectivity index is 1.61. The zero-order chi connectivity index (χ0) is 18.1. The van der Waals surface area contributed by atoms with E-state index in [9.17, 15) is 4.79 Å². The monoisotopic (exact) mass is 406 g/mol. The molecule has 26 heavy (non-hydrogen) atoms. The lowest BCUT2D eigenvalue weighted by Crippen LogP contribution is -2.41. The molecule has 2 aliphatic rings. The molecular formula is C20H20Cl2N2OS. The summed E-state index contributed by atoms with van der Waals surface area (Å²) in [7, 11) is 0. The Hall–Kier alpha value is -1.36. The fraction of sp³-hybridized carbons (Fsp3) is 0.350. The predicted octanol–water partition coefficient (Wildman–Crippen LogP) is 5.94. The van der Waals surface area contributed by atoms with Crippen LogP contribution in [-0.4, -0.2) is 18.5 Å². The molecule has 1 heterocycles. The normalized spacial score (nSPS) is 16.8. The number of carbonyl (C=O) groups is 1. The van der Waals surface area contributed by atoms with E-state index in [4.69, 9.17) is 23.2 Å². The third-order valence-electron chi connectivity index (χ3n) is 4.93. The molecule has 0 radical (unpaired) electrons. The fourth-order valence-corrected chi connectivity index (χ4v) is 5.37. The van der Waals surface area contributed by atoms with Gasteiger partial charge in [0, 0.05) is 27.1 Å². The molecule has 1 fully saturated rings. The molecule has 0 saturated heterocycles. The molecule has 2 aromatic carbocycles. The highest BCUT2D eigenvalue weighted by atomic mass is 35.5. The van der Waals surface area contributed by atoms with Gasteiger partial charge >= 0.3 is 0 Å². The molecule has 6 heteroatoms. The smallest absolute Gasteiger partial charge is 0.240 e. The Kier molecular flexibility index (Phi) is 5.35. The Labute approximate surface area is 168 Å². The van der Waals surface area contributed by atoms with Crippen LogP contribution in [0.15, 0.2) is 41.3 Å². The zero-order valence-electron chi connectivity index (χ0n) is 14.3. The van der Waals surface area contributed by atoms with Crippen LogP contribution in [-0.2, 0) is 4.79 Å². The number of carbonyl (C=O) groups excluding carboxylic acids is 1. The number of nitrogens with one attached hydrogen (secondary N) is 1. The SMILES string of the molecule is O=C(CN1Sc2ccccc2-c2c(Cl)cc(Cl)cc21)NC1CCCCC1. The Morgan fingerprint density at radius 1 is 1.15 bits per heavy atom. The number of amides is 1. The van der Waals surface area contributed by atoms with Crippen LogP contribution >= 0.6 is 35.1 Å². The van der Waals surface area contributed by atoms with E-state index in [1.165, 1.54) is 19.3 Å². The standard InChI is InChI=1S/C20H20Cl2N2OS/c21-13-10-16(22)20-15-8-4-5-9-18(15)26-24(17(20)11-13)12-19(25)23-14-6-2-1-3-7-14/h4-5,8-11,14H,1-3,6-7,12H2,(H,23,25). The van der Waals surface area contributed by atoms with Crippen molar-refractivity contribution in [2.45, 2.75) is 43.0 Å². The van der Waals surface area contributed by atoms with E-state index in [1.54, 1.807) is 18.0 Å². The van der Waals surface area contributed by atoms with Crippen molar-refractivity contribution < 1.29 is 4.79 Å². The zero-order valence-corrected chi connectivity index (χ0v) is 16.6. The van der Waals surface area contributed by atoms with Crippen LogP contribution < -0.4 is 9.62 Å². The highest BCUT2D eigenvalue weighted by Crippen LogP contribution is 2.50. The second-order valence-corrected chi connectivity index (χ2v) is 8.72. The molecule has 136 valence electrons. The van der Waals surface area contributed by atoms with Crippen molar-refractivity contribution in [2.75, 3.05) is 10.8 Å². The molecule has 1 saturated carbocycles. The van der Waals surface area contributed by atoms with Crippen molar-refractivity contribution in [1.82, 2.24) is 5.32 Å². The molecule has 0 aromatic heterocycles. The summed E-state index contributed by atoms with van der Waals surface area (Å²) in [4.78, 5) is 13.7. The summed E-state index contributed by atoms with van der Waals surface area (Å²) in [5, 5.41) is 4.37. The first-order chi connectivity index (χ1) is 12.6. The van der Waals surface area contributed by atoms with Crippen LogP contribution in [0.25, 0.3) is 11.1 Å². The molecule has 0 bridgehead atoms. The Morgan fingerprint density at radius 2 is 1.92 bits per heavy atom. The number of nitrogens with zero attached hydrogens (tertiary/aromatic N) is 1. The van der Waals surface area contributed by atoms with Crippen LogP contribution in [0.3, 0.4) is 0 Å². The number of benzene rings is 2. The molecule has 0 atom stereocenters. The van der Waals surface area contributed by atoms with Crippen molar-refractivity contribution in [3.63, 3.8) is 0 Å². The van der Waals surface area contributed by atoms with Gasteiger partial charge in [0.1, 0.15) is 6.54 Å². The predicted molar refractivity (Wildman–Crippen MR) is 110 cm³/mol. The summed E-state index contributed by atoms with van der Waals surface area (Å²) >= 11 is 14.3. The summed E-state index contributed by atoms with van der Waals surface area (Å²) in [6, 6.07) is 12.1. The number of halogens is 2. The van der Waals surface area contributed by atoms with E-state index in [0.717, 1.165) is 34.6 Å². The van der Waals surface area contributed by atoms with Gasteiger partial charge in [-0.2, -0.15) is 0 Å². The van der Waals surface area contributed by atoms with Crippen molar-refractivity contribution in [2.24, 2.45) is 0 Å². The van der Waals surface area contributed by atoms with Crippen LogP contribution in [0.1, 0.15) is 32.1 Å². The van der Waals surface area contributed by atoms with Crippen molar-refractivity contribution in [3.8, 4) is 11.1 Å². The van der Waals surface area contributed by atoms with Crippen LogP contribution in [0.4, 0.5) is 5.69 Å². The maximum absolute atomic E-state index is 12.6. The molecule has 1 amide bonds. The van der Waals surface area contributed by atoms with E-state index in [0.29, 0.717) is 16.1 Å². The maximum Gasteiger partial charge on any atom is 0.240 e. The summed E-state index contributed by atoms with van der Waals surface area (Å²) in [6.45, 7) is 0.277. The van der Waals surface area contributed by atoms with E-state index in [2.05, 4.69) is 17.4 Å². The Morgan fingerprint density at radius 3 is 2.73 bits per heavy atom. The fourth-order valence-electron chi connectivity index (χ4n) is 3.71. The highest BCUT2D eigenvalue weighted by molar-refractivity contribution is 8.01. The van der Waals surface area contributed by atoms with E-state index >= 15 is 0 Å². The van der Waals surface area contributed by atoms with E-state index < -0.39 is 0 Å². The molecule has 4 rings (SSSR count). The number of hydrogen-bond donors (Lipinski definition) is 1. The molecule has 1 aliphatic heterocycles. The maximum atomic E-state index is 12.6. The van der Waals surface area contributed by atoms with Gasteiger partial charge in [-0.25, -0.2) is 0 Å². The third-order valence-corrected chi connectivity index (χ3v) is 6.54. The minimum absolute atomic E-state index is 0.0471. The minimum Gasteiger partial charge on any atom is -0.352 e. The lowest BCUT2D eigenvalue weighted by molar-refractivity contribution is -0.120. The van der Waals surface area contributed by atoms with Crippen molar-refractivity contribution in [3.05, 3.63) is 46.4 Å². The number of fused-ring (bicyclic) bond motifs is 3. The van der Waals surface area contributed by atoms with Gasteiger partial charge in [-0.1, -0.05) is 60.7 Å². The summed E-state index contributed by atoms with van der Waals surface area (Å²) in [6.07, 6.45) is 5.83. The van der Waals surface area contributed by atoms with Gasteiger partial charge in [0.25, 0.3) is 0 Å². The first-order valence-electron chi connectivity index (χ1n) is 8.95. The first kappa shape index (κ1) is 18.0. The van der Waals surface area contributed by atoms with Gasteiger partial charge in [0.2, 0.25) is 5.91 Å².